The van der Waals surface area contributed by atoms with Crippen LogP contribution in [0.1, 0.15) is 37.6 Å². The largest absolute Gasteiger partial charge is 0.348 e. The first-order valence-corrected chi connectivity index (χ1v) is 9.64. The molecule has 5 amide bonds. The van der Waals surface area contributed by atoms with Gasteiger partial charge in [-0.1, -0.05) is 6.92 Å². The molecule has 2 N–H and O–H groups in total. The number of urea groups is 1. The normalized spacial score (nSPS) is 21.1. The minimum atomic E-state index is -0.528. The first-order valence-electron chi connectivity index (χ1n) is 9.64. The lowest BCUT2D eigenvalue weighted by Crippen LogP contribution is -2.59. The fourth-order valence-electron chi connectivity index (χ4n) is 4.54. The number of fused-ring (bicyclic) bond motifs is 2. The van der Waals surface area contributed by atoms with Crippen LogP contribution in [0.3, 0.4) is 0 Å². The molecule has 4 heterocycles. The molecule has 150 valence electrons. The topological polar surface area (TPSA) is 119 Å². The molecule has 0 radical (unpaired) electrons. The van der Waals surface area contributed by atoms with E-state index in [9.17, 15) is 19.2 Å². The van der Waals surface area contributed by atoms with E-state index in [1.165, 1.54) is 4.90 Å². The number of carbonyl (C=O) groups is 4. The van der Waals surface area contributed by atoms with Crippen LogP contribution in [-0.4, -0.2) is 81.1 Å². The van der Waals surface area contributed by atoms with Gasteiger partial charge in [-0.3, -0.25) is 19.7 Å². The first kappa shape index (κ1) is 18.5. The molecule has 2 saturated heterocycles. The van der Waals surface area contributed by atoms with Crippen molar-refractivity contribution in [1.29, 1.82) is 0 Å². The Hall–Kier alpha value is -2.91. The average Bonchev–Trinajstić information content (AvgIpc) is 3.29. The second kappa shape index (κ2) is 6.92. The smallest absolute Gasteiger partial charge is 0.325 e. The van der Waals surface area contributed by atoms with E-state index < -0.39 is 17.5 Å². The molecule has 3 aliphatic rings. The standard InChI is InChI=1S/C18H24N6O4/c1-2-14(26)24-6-3-12-16(20-11-19-12)18(24)4-7-22(8-5-18)15(27)10-23-9-13(25)21-17(23)28/h11H,2-10H2,1H3,(H,19,20)(H,21,25,28). The summed E-state index contributed by atoms with van der Waals surface area (Å²) in [6.07, 6.45) is 4.07. The van der Waals surface area contributed by atoms with Gasteiger partial charge >= 0.3 is 6.03 Å². The zero-order valence-electron chi connectivity index (χ0n) is 15.9. The molecule has 0 bridgehead atoms. The van der Waals surface area contributed by atoms with E-state index in [1.54, 1.807) is 11.2 Å². The molecule has 2 fully saturated rings. The monoisotopic (exact) mass is 388 g/mol. The number of nitrogens with zero attached hydrogens (tertiary/aromatic N) is 4. The first-order chi connectivity index (χ1) is 13.4. The number of nitrogens with one attached hydrogen (secondary N) is 2. The summed E-state index contributed by atoms with van der Waals surface area (Å²) < 4.78 is 0. The number of imide groups is 1. The highest BCUT2D eigenvalue weighted by Crippen LogP contribution is 2.42. The molecule has 4 rings (SSSR count). The van der Waals surface area contributed by atoms with E-state index >= 15 is 0 Å². The highest BCUT2D eigenvalue weighted by atomic mass is 16.2. The van der Waals surface area contributed by atoms with Crippen molar-refractivity contribution in [3.05, 3.63) is 17.7 Å². The number of imidazole rings is 1. The lowest BCUT2D eigenvalue weighted by molar-refractivity contribution is -0.144. The third-order valence-corrected chi connectivity index (χ3v) is 6.00. The van der Waals surface area contributed by atoms with E-state index in [4.69, 9.17) is 0 Å². The Morgan fingerprint density at radius 3 is 2.57 bits per heavy atom. The van der Waals surface area contributed by atoms with Gasteiger partial charge in [0.05, 0.1) is 17.6 Å². The Morgan fingerprint density at radius 2 is 1.93 bits per heavy atom. The quantitative estimate of drug-likeness (QED) is 0.682. The van der Waals surface area contributed by atoms with Crippen LogP contribution in [0.15, 0.2) is 6.33 Å². The number of H-pyrrole nitrogens is 1. The number of likely N-dealkylation sites (tertiary alicyclic amines) is 1. The van der Waals surface area contributed by atoms with Gasteiger partial charge in [-0.25, -0.2) is 9.78 Å². The van der Waals surface area contributed by atoms with E-state index in [0.29, 0.717) is 38.9 Å². The molecule has 0 aromatic carbocycles. The number of hydrogen-bond acceptors (Lipinski definition) is 5. The SMILES string of the molecule is CCC(=O)N1CCc2[nH]cnc2C12CCN(C(=O)CN1CC(=O)NC1=O)CC2. The van der Waals surface area contributed by atoms with Crippen LogP contribution in [0, 0.1) is 0 Å². The van der Waals surface area contributed by atoms with Crippen LogP contribution in [0.2, 0.25) is 0 Å². The Bertz CT molecular complexity index is 826. The molecule has 1 aromatic heterocycles. The third kappa shape index (κ3) is 2.92. The second-order valence-electron chi connectivity index (χ2n) is 7.50. The van der Waals surface area contributed by atoms with Crippen LogP contribution >= 0.6 is 0 Å². The number of carbonyl (C=O) groups excluding carboxylic acids is 4. The van der Waals surface area contributed by atoms with E-state index in [2.05, 4.69) is 15.3 Å². The van der Waals surface area contributed by atoms with Gasteiger partial charge in [0.15, 0.2) is 0 Å². The summed E-state index contributed by atoms with van der Waals surface area (Å²) in [7, 11) is 0. The lowest BCUT2D eigenvalue weighted by atomic mass is 9.78. The zero-order chi connectivity index (χ0) is 19.9. The Morgan fingerprint density at radius 1 is 1.18 bits per heavy atom. The molecule has 0 unspecified atom stereocenters. The molecule has 28 heavy (non-hydrogen) atoms. The number of amides is 5. The summed E-state index contributed by atoms with van der Waals surface area (Å²) >= 11 is 0. The van der Waals surface area contributed by atoms with Crippen LogP contribution in [0.25, 0.3) is 0 Å². The van der Waals surface area contributed by atoms with Gasteiger partial charge in [0.2, 0.25) is 17.7 Å². The number of hydrogen-bond donors (Lipinski definition) is 2. The van der Waals surface area contributed by atoms with Crippen molar-refractivity contribution < 1.29 is 19.2 Å². The van der Waals surface area contributed by atoms with Crippen LogP contribution in [0.5, 0.6) is 0 Å². The van der Waals surface area contributed by atoms with Crippen LogP contribution in [-0.2, 0) is 26.3 Å². The van der Waals surface area contributed by atoms with Crippen molar-refractivity contribution in [3.8, 4) is 0 Å². The maximum absolute atomic E-state index is 12.6. The summed E-state index contributed by atoms with van der Waals surface area (Å²) in [6, 6.07) is -0.528. The number of aromatic nitrogens is 2. The van der Waals surface area contributed by atoms with Crippen molar-refractivity contribution in [2.24, 2.45) is 0 Å². The molecule has 10 heteroatoms. The highest BCUT2D eigenvalue weighted by Gasteiger charge is 2.48. The zero-order valence-corrected chi connectivity index (χ0v) is 15.9. The predicted octanol–water partition coefficient (Wildman–Crippen LogP) is -0.426. The van der Waals surface area contributed by atoms with Gasteiger partial charge in [-0.2, -0.15) is 0 Å². The molecular weight excluding hydrogens is 364 g/mol. The number of rotatable bonds is 3. The maximum Gasteiger partial charge on any atom is 0.325 e. The Labute approximate surface area is 162 Å². The van der Waals surface area contributed by atoms with Crippen molar-refractivity contribution in [2.75, 3.05) is 32.7 Å². The molecule has 0 atom stereocenters. The number of aromatic amines is 1. The third-order valence-electron chi connectivity index (χ3n) is 6.00. The summed E-state index contributed by atoms with van der Waals surface area (Å²) in [4.78, 5) is 60.8. The summed E-state index contributed by atoms with van der Waals surface area (Å²) in [6.45, 7) is 3.25. The van der Waals surface area contributed by atoms with Crippen LogP contribution in [0.4, 0.5) is 4.79 Å². The fraction of sp³-hybridized carbons (Fsp3) is 0.611. The van der Waals surface area contributed by atoms with E-state index in [0.717, 1.165) is 17.8 Å². The van der Waals surface area contributed by atoms with Crippen LogP contribution < -0.4 is 5.32 Å². The molecule has 1 spiro atoms. The lowest BCUT2D eigenvalue weighted by Gasteiger charge is -2.50. The maximum atomic E-state index is 12.6. The minimum Gasteiger partial charge on any atom is -0.348 e. The van der Waals surface area contributed by atoms with Gasteiger partial charge in [0, 0.05) is 38.2 Å². The number of piperidine rings is 1. The van der Waals surface area contributed by atoms with Gasteiger partial charge in [-0.15, -0.1) is 0 Å². The summed E-state index contributed by atoms with van der Waals surface area (Å²) in [5, 5.41) is 2.18. The summed E-state index contributed by atoms with van der Waals surface area (Å²) in [5.41, 5.74) is 1.49. The van der Waals surface area contributed by atoms with Crippen molar-refractivity contribution in [2.45, 2.75) is 38.1 Å². The van der Waals surface area contributed by atoms with Crippen molar-refractivity contribution >= 4 is 23.8 Å². The second-order valence-corrected chi connectivity index (χ2v) is 7.50. The molecule has 1 aromatic rings. The minimum absolute atomic E-state index is 0.0856. The fourth-order valence-corrected chi connectivity index (χ4v) is 4.54. The Kier molecular flexibility index (Phi) is 4.56. The van der Waals surface area contributed by atoms with Gasteiger partial charge in [-0.05, 0) is 12.8 Å². The summed E-state index contributed by atoms with van der Waals surface area (Å²) in [5.74, 6) is -0.482. The van der Waals surface area contributed by atoms with Crippen molar-refractivity contribution in [3.63, 3.8) is 0 Å². The van der Waals surface area contributed by atoms with Gasteiger partial charge < -0.3 is 19.7 Å². The van der Waals surface area contributed by atoms with Gasteiger partial charge in [0.25, 0.3) is 0 Å². The average molecular weight is 388 g/mol. The molecule has 10 nitrogen and oxygen atoms in total. The van der Waals surface area contributed by atoms with E-state index in [-0.39, 0.29) is 24.9 Å². The molecule has 0 saturated carbocycles. The molecular formula is C18H24N6O4. The van der Waals surface area contributed by atoms with E-state index in [1.807, 2.05) is 11.8 Å². The Balaban J connectivity index is 1.48. The van der Waals surface area contributed by atoms with Gasteiger partial charge in [0.1, 0.15) is 13.1 Å². The predicted molar refractivity (Wildman–Crippen MR) is 96.9 cm³/mol. The van der Waals surface area contributed by atoms with Crippen molar-refractivity contribution in [1.82, 2.24) is 30.0 Å². The highest BCUT2D eigenvalue weighted by molar-refractivity contribution is 6.03. The molecule has 3 aliphatic heterocycles. The molecule has 0 aliphatic carbocycles.